The first-order valence-corrected chi connectivity index (χ1v) is 14.0. The summed E-state index contributed by atoms with van der Waals surface area (Å²) in [6, 6.07) is 7.99. The van der Waals surface area contributed by atoms with Crippen LogP contribution < -0.4 is 31.9 Å². The van der Waals surface area contributed by atoms with Gasteiger partial charge in [-0.3, -0.25) is 15.4 Å². The molecule has 1 aromatic rings. The summed E-state index contributed by atoms with van der Waals surface area (Å²) in [5.41, 5.74) is 7.96. The number of nitrogens with zero attached hydrogens (tertiary/aromatic N) is 4. The molecule has 4 aliphatic rings. The number of amides is 1. The van der Waals surface area contributed by atoms with Crippen LogP contribution >= 0.6 is 0 Å². The van der Waals surface area contributed by atoms with Gasteiger partial charge in [0.05, 0.1) is 6.10 Å². The van der Waals surface area contributed by atoms with E-state index < -0.39 is 6.04 Å². The number of rotatable bonds is 8. The molecule has 0 spiro atoms. The third-order valence-corrected chi connectivity index (χ3v) is 8.23. The fourth-order valence-corrected chi connectivity index (χ4v) is 5.86. The standard InChI is InChI=1S/C26H45N9O2/c1-3-22-26(37-21-8-9-28-18-21)31-25(23(30-22)24(27)36)29-19-4-6-20(7-5-19)33-12-16-35(17-13-33)34-14-10-32(2)11-15-34/h4-7,21-23,25-26,28-31H,3,8-18H2,1-2H3,(H2,27,36)/t21-,22?,23?,25?,26?/m1/s1. The Balaban J connectivity index is 1.17. The van der Waals surface area contributed by atoms with Crippen LogP contribution in [0.4, 0.5) is 11.4 Å². The van der Waals surface area contributed by atoms with Gasteiger partial charge in [0.25, 0.3) is 0 Å². The number of nitrogens with two attached hydrogens (primary N) is 1. The van der Waals surface area contributed by atoms with Crippen LogP contribution in [0.2, 0.25) is 0 Å². The summed E-state index contributed by atoms with van der Waals surface area (Å²) < 4.78 is 6.36. The van der Waals surface area contributed by atoms with Gasteiger partial charge in [0.1, 0.15) is 18.4 Å². The molecule has 11 heteroatoms. The first-order valence-electron chi connectivity index (χ1n) is 14.0. The van der Waals surface area contributed by atoms with Crippen molar-refractivity contribution in [1.29, 1.82) is 0 Å². The number of hydrazine groups is 1. The number of ether oxygens (including phenoxy) is 1. The lowest BCUT2D eigenvalue weighted by Gasteiger charge is -2.44. The van der Waals surface area contributed by atoms with E-state index in [0.717, 1.165) is 84.0 Å². The van der Waals surface area contributed by atoms with Crippen LogP contribution in [0.15, 0.2) is 24.3 Å². The monoisotopic (exact) mass is 515 g/mol. The zero-order valence-electron chi connectivity index (χ0n) is 22.4. The van der Waals surface area contributed by atoms with Crippen molar-refractivity contribution in [3.8, 4) is 0 Å². The molecule has 0 bridgehead atoms. The van der Waals surface area contributed by atoms with Crippen molar-refractivity contribution in [1.82, 2.24) is 30.9 Å². The Kier molecular flexibility index (Phi) is 8.81. The number of carbonyl (C=O) groups is 1. The normalized spacial score (nSPS) is 32.5. The van der Waals surface area contributed by atoms with Crippen LogP contribution in [-0.2, 0) is 9.53 Å². The largest absolute Gasteiger partial charge is 0.369 e. The fraction of sp³-hybridized carbons (Fsp3) is 0.731. The number of benzene rings is 1. The van der Waals surface area contributed by atoms with Crippen LogP contribution in [-0.4, -0.2) is 124 Å². The van der Waals surface area contributed by atoms with Gasteiger partial charge in [-0.15, -0.1) is 0 Å². The summed E-state index contributed by atoms with van der Waals surface area (Å²) in [5.74, 6) is -0.376. The zero-order valence-corrected chi connectivity index (χ0v) is 22.4. The lowest BCUT2D eigenvalue weighted by molar-refractivity contribution is -0.124. The summed E-state index contributed by atoms with van der Waals surface area (Å²) in [4.78, 5) is 17.1. The fourth-order valence-electron chi connectivity index (χ4n) is 5.86. The Hall–Kier alpha value is -1.99. The van der Waals surface area contributed by atoms with Crippen LogP contribution in [0.25, 0.3) is 0 Å². The van der Waals surface area contributed by atoms with E-state index in [2.05, 4.69) is 79.3 Å². The highest BCUT2D eigenvalue weighted by molar-refractivity contribution is 5.81. The second-order valence-electron chi connectivity index (χ2n) is 10.8. The molecule has 11 nitrogen and oxygen atoms in total. The summed E-state index contributed by atoms with van der Waals surface area (Å²) in [7, 11) is 2.20. The molecule has 4 unspecified atom stereocenters. The zero-order chi connectivity index (χ0) is 25.8. The first kappa shape index (κ1) is 26.6. The number of carbonyl (C=O) groups excluding carboxylic acids is 1. The molecule has 4 aliphatic heterocycles. The van der Waals surface area contributed by atoms with Gasteiger partial charge in [-0.25, -0.2) is 10.0 Å². The van der Waals surface area contributed by atoms with E-state index in [9.17, 15) is 4.79 Å². The molecule has 37 heavy (non-hydrogen) atoms. The lowest BCUT2D eigenvalue weighted by Crippen LogP contribution is -2.72. The van der Waals surface area contributed by atoms with Gasteiger partial charge in [0.15, 0.2) is 0 Å². The molecule has 0 aliphatic carbocycles. The smallest absolute Gasteiger partial charge is 0.238 e. The Morgan fingerprint density at radius 3 is 2.30 bits per heavy atom. The van der Waals surface area contributed by atoms with Gasteiger partial charge < -0.3 is 30.9 Å². The molecule has 0 saturated carbocycles. The van der Waals surface area contributed by atoms with Gasteiger partial charge in [-0.2, -0.15) is 0 Å². The van der Waals surface area contributed by atoms with E-state index >= 15 is 0 Å². The van der Waals surface area contributed by atoms with Gasteiger partial charge in [0, 0.05) is 76.3 Å². The molecule has 4 saturated heterocycles. The molecule has 206 valence electrons. The maximum Gasteiger partial charge on any atom is 0.238 e. The van der Waals surface area contributed by atoms with E-state index in [1.165, 1.54) is 5.69 Å². The highest BCUT2D eigenvalue weighted by Gasteiger charge is 2.40. The molecule has 1 amide bonds. The van der Waals surface area contributed by atoms with E-state index in [1.54, 1.807) is 0 Å². The Morgan fingerprint density at radius 1 is 1.03 bits per heavy atom. The Morgan fingerprint density at radius 2 is 1.70 bits per heavy atom. The van der Waals surface area contributed by atoms with Crippen molar-refractivity contribution in [2.24, 2.45) is 5.73 Å². The second-order valence-corrected chi connectivity index (χ2v) is 10.8. The van der Waals surface area contributed by atoms with Crippen LogP contribution in [0.3, 0.4) is 0 Å². The summed E-state index contributed by atoms with van der Waals surface area (Å²) in [6.45, 7) is 12.6. The Bertz CT molecular complexity index is 865. The van der Waals surface area contributed by atoms with E-state index in [-0.39, 0.29) is 30.4 Å². The molecule has 1 aromatic carbocycles. The van der Waals surface area contributed by atoms with Crippen LogP contribution in [0, 0.1) is 0 Å². The van der Waals surface area contributed by atoms with Crippen molar-refractivity contribution >= 4 is 17.3 Å². The summed E-state index contributed by atoms with van der Waals surface area (Å²) in [5, 5.41) is 18.8. The average molecular weight is 516 g/mol. The number of hydrogen-bond acceptors (Lipinski definition) is 10. The number of anilines is 2. The second kappa shape index (κ2) is 12.2. The molecular weight excluding hydrogens is 470 g/mol. The SMILES string of the molecule is CCC1NC(C(N)=O)C(Nc2ccc(N3CCN(N4CCN(C)CC4)CC3)cc2)NC1O[C@@H]1CCNC1. The van der Waals surface area contributed by atoms with Gasteiger partial charge in [-0.1, -0.05) is 6.92 Å². The van der Waals surface area contributed by atoms with E-state index in [4.69, 9.17) is 10.5 Å². The number of nitrogens with one attached hydrogen (secondary N) is 4. The lowest BCUT2D eigenvalue weighted by atomic mass is 10.0. The summed E-state index contributed by atoms with van der Waals surface area (Å²) in [6.07, 6.45) is 1.45. The van der Waals surface area contributed by atoms with Gasteiger partial charge in [-0.05, 0) is 50.7 Å². The van der Waals surface area contributed by atoms with Gasteiger partial charge in [0.2, 0.25) is 5.91 Å². The number of primary amides is 1. The van der Waals surface area contributed by atoms with E-state index in [0.29, 0.717) is 0 Å². The molecular formula is C26H45N9O2. The van der Waals surface area contributed by atoms with Crippen molar-refractivity contribution in [2.45, 2.75) is 50.3 Å². The van der Waals surface area contributed by atoms with Crippen molar-refractivity contribution in [2.75, 3.05) is 82.7 Å². The molecule has 0 radical (unpaired) electrons. The predicted molar refractivity (Wildman–Crippen MR) is 146 cm³/mol. The predicted octanol–water partition coefficient (Wildman–Crippen LogP) is -0.761. The highest BCUT2D eigenvalue weighted by atomic mass is 16.5. The maximum absolute atomic E-state index is 12.3. The minimum absolute atomic E-state index is 0.0167. The number of likely N-dealkylation sites (N-methyl/N-ethyl adjacent to an activating group) is 1. The molecule has 0 aromatic heterocycles. The topological polar surface area (TPSA) is 113 Å². The average Bonchev–Trinajstić information content (AvgIpc) is 3.43. The molecule has 5 atom stereocenters. The molecule has 6 N–H and O–H groups in total. The third-order valence-electron chi connectivity index (χ3n) is 8.23. The van der Waals surface area contributed by atoms with Gasteiger partial charge >= 0.3 is 0 Å². The molecule has 4 fully saturated rings. The van der Waals surface area contributed by atoms with Crippen molar-refractivity contribution in [3.63, 3.8) is 0 Å². The molecule has 5 rings (SSSR count). The number of piperazine rings is 3. The first-order chi connectivity index (χ1) is 18.0. The number of hydrogen-bond donors (Lipinski definition) is 5. The Labute approximate surface area is 221 Å². The molecule has 4 heterocycles. The van der Waals surface area contributed by atoms with Crippen LogP contribution in [0.5, 0.6) is 0 Å². The third kappa shape index (κ3) is 6.54. The highest BCUT2D eigenvalue weighted by Crippen LogP contribution is 2.23. The summed E-state index contributed by atoms with van der Waals surface area (Å²) >= 11 is 0. The van der Waals surface area contributed by atoms with E-state index in [1.807, 2.05) is 0 Å². The minimum atomic E-state index is -0.533. The maximum atomic E-state index is 12.3. The quantitative estimate of drug-likeness (QED) is 0.303. The van der Waals surface area contributed by atoms with Crippen molar-refractivity contribution in [3.05, 3.63) is 24.3 Å². The van der Waals surface area contributed by atoms with Crippen LogP contribution in [0.1, 0.15) is 19.8 Å². The minimum Gasteiger partial charge on any atom is -0.369 e. The van der Waals surface area contributed by atoms with Crippen molar-refractivity contribution < 1.29 is 9.53 Å².